The maximum absolute atomic E-state index is 6.12. The third-order valence-corrected chi connectivity index (χ3v) is 4.18. The van der Waals surface area contributed by atoms with Crippen LogP contribution in [0.2, 0.25) is 0 Å². The van der Waals surface area contributed by atoms with Crippen molar-refractivity contribution in [2.75, 3.05) is 19.1 Å². The van der Waals surface area contributed by atoms with Gasteiger partial charge in [-0.25, -0.2) is 0 Å². The average Bonchev–Trinajstić information content (AvgIpc) is 2.30. The molecule has 1 fully saturated rings. The van der Waals surface area contributed by atoms with Gasteiger partial charge in [0, 0.05) is 19.1 Å². The van der Waals surface area contributed by atoms with Crippen LogP contribution < -0.4 is 0 Å². The van der Waals surface area contributed by atoms with Crippen LogP contribution in [0.15, 0.2) is 0 Å². The van der Waals surface area contributed by atoms with Gasteiger partial charge in [-0.05, 0) is 31.1 Å². The van der Waals surface area contributed by atoms with Crippen molar-refractivity contribution in [3.8, 4) is 0 Å². The number of halogens is 1. The molecule has 0 saturated heterocycles. The van der Waals surface area contributed by atoms with Gasteiger partial charge in [-0.15, -0.1) is 11.6 Å². The second-order valence-corrected chi connectivity index (χ2v) is 5.18. The average molecular weight is 233 g/mol. The van der Waals surface area contributed by atoms with Crippen LogP contribution in [0.3, 0.4) is 0 Å². The van der Waals surface area contributed by atoms with E-state index in [1.54, 1.807) is 0 Å². The van der Waals surface area contributed by atoms with Crippen molar-refractivity contribution < 1.29 is 4.74 Å². The van der Waals surface area contributed by atoms with Crippen molar-refractivity contribution >= 4 is 11.6 Å². The number of hydrogen-bond donors (Lipinski definition) is 0. The monoisotopic (exact) mass is 232 g/mol. The largest absolute Gasteiger partial charge is 0.381 e. The van der Waals surface area contributed by atoms with E-state index in [0.29, 0.717) is 5.41 Å². The van der Waals surface area contributed by atoms with Crippen LogP contribution in [0.5, 0.6) is 0 Å². The van der Waals surface area contributed by atoms with Crippen molar-refractivity contribution in [2.24, 2.45) is 5.41 Å². The Morgan fingerprint density at radius 1 is 1.13 bits per heavy atom. The summed E-state index contributed by atoms with van der Waals surface area (Å²) in [6.07, 6.45) is 10.3. The molecule has 1 rings (SSSR count). The fourth-order valence-corrected chi connectivity index (χ4v) is 2.79. The highest BCUT2D eigenvalue weighted by molar-refractivity contribution is 6.18. The molecule has 0 unspecified atom stereocenters. The molecule has 0 bridgehead atoms. The Hall–Kier alpha value is 0.250. The standard InChI is InChI=1S/C13H25ClO/c1-2-3-10-15-11-9-13(12-14)7-5-4-6-8-13/h2-12H2,1H3. The molecule has 0 aromatic carbocycles. The molecule has 0 aromatic rings. The first-order valence-corrected chi connectivity index (χ1v) is 7.00. The molecule has 0 amide bonds. The van der Waals surface area contributed by atoms with E-state index in [-0.39, 0.29) is 0 Å². The molecule has 1 aliphatic carbocycles. The Morgan fingerprint density at radius 3 is 2.47 bits per heavy atom. The van der Waals surface area contributed by atoms with Crippen LogP contribution in [0.4, 0.5) is 0 Å². The maximum atomic E-state index is 6.12. The molecule has 0 N–H and O–H groups in total. The molecule has 0 radical (unpaired) electrons. The highest BCUT2D eigenvalue weighted by Gasteiger charge is 2.30. The second-order valence-electron chi connectivity index (χ2n) is 4.91. The molecule has 90 valence electrons. The van der Waals surface area contributed by atoms with E-state index in [9.17, 15) is 0 Å². The van der Waals surface area contributed by atoms with Gasteiger partial charge < -0.3 is 4.74 Å². The lowest BCUT2D eigenvalue weighted by molar-refractivity contribution is 0.0825. The van der Waals surface area contributed by atoms with E-state index in [1.807, 2.05) is 0 Å². The smallest absolute Gasteiger partial charge is 0.0471 e. The van der Waals surface area contributed by atoms with Crippen molar-refractivity contribution in [2.45, 2.75) is 58.3 Å². The van der Waals surface area contributed by atoms with Gasteiger partial charge in [0.25, 0.3) is 0 Å². The first-order valence-electron chi connectivity index (χ1n) is 6.47. The van der Waals surface area contributed by atoms with Gasteiger partial charge in [-0.2, -0.15) is 0 Å². The van der Waals surface area contributed by atoms with Crippen LogP contribution >= 0.6 is 11.6 Å². The molecule has 1 saturated carbocycles. The fourth-order valence-electron chi connectivity index (χ4n) is 2.39. The lowest BCUT2D eigenvalue weighted by Gasteiger charge is -2.35. The van der Waals surface area contributed by atoms with Crippen LogP contribution in [0.25, 0.3) is 0 Å². The Balaban J connectivity index is 2.15. The van der Waals surface area contributed by atoms with Gasteiger partial charge in [0.05, 0.1) is 0 Å². The van der Waals surface area contributed by atoms with E-state index in [2.05, 4.69) is 6.92 Å². The van der Waals surface area contributed by atoms with Crippen molar-refractivity contribution in [1.29, 1.82) is 0 Å². The van der Waals surface area contributed by atoms with Gasteiger partial charge in [0.1, 0.15) is 0 Å². The van der Waals surface area contributed by atoms with Gasteiger partial charge in [0.15, 0.2) is 0 Å². The van der Waals surface area contributed by atoms with Crippen molar-refractivity contribution in [1.82, 2.24) is 0 Å². The number of ether oxygens (including phenoxy) is 1. The number of unbranched alkanes of at least 4 members (excludes halogenated alkanes) is 1. The Kier molecular flexibility index (Phi) is 6.67. The van der Waals surface area contributed by atoms with Gasteiger partial charge >= 0.3 is 0 Å². The van der Waals surface area contributed by atoms with Crippen LogP contribution in [0.1, 0.15) is 58.3 Å². The summed E-state index contributed by atoms with van der Waals surface area (Å²) in [6.45, 7) is 4.03. The van der Waals surface area contributed by atoms with E-state index >= 15 is 0 Å². The molecular weight excluding hydrogens is 208 g/mol. The van der Waals surface area contributed by atoms with E-state index < -0.39 is 0 Å². The first kappa shape index (κ1) is 13.3. The molecule has 0 aromatic heterocycles. The highest BCUT2D eigenvalue weighted by atomic mass is 35.5. The number of alkyl halides is 1. The zero-order valence-corrected chi connectivity index (χ0v) is 10.8. The van der Waals surface area contributed by atoms with E-state index in [0.717, 1.165) is 19.1 Å². The SMILES string of the molecule is CCCCOCCC1(CCl)CCCCC1. The Bertz CT molecular complexity index is 153. The Morgan fingerprint density at radius 2 is 1.87 bits per heavy atom. The summed E-state index contributed by atoms with van der Waals surface area (Å²) >= 11 is 6.12. The predicted molar refractivity (Wildman–Crippen MR) is 66.6 cm³/mol. The predicted octanol–water partition coefficient (Wildman–Crippen LogP) is 4.38. The molecule has 0 atom stereocenters. The molecule has 15 heavy (non-hydrogen) atoms. The highest BCUT2D eigenvalue weighted by Crippen LogP contribution is 2.40. The molecule has 1 nitrogen and oxygen atoms in total. The van der Waals surface area contributed by atoms with Crippen LogP contribution in [-0.4, -0.2) is 19.1 Å². The summed E-state index contributed by atoms with van der Waals surface area (Å²) in [5.74, 6) is 0.824. The van der Waals surface area contributed by atoms with Gasteiger partial charge in [-0.3, -0.25) is 0 Å². The molecule has 0 heterocycles. The van der Waals surface area contributed by atoms with Crippen LogP contribution in [-0.2, 0) is 4.74 Å². The number of rotatable bonds is 7. The van der Waals surface area contributed by atoms with Crippen molar-refractivity contribution in [3.05, 3.63) is 0 Å². The third-order valence-electron chi connectivity index (χ3n) is 3.62. The molecule has 0 spiro atoms. The third kappa shape index (κ3) is 4.74. The zero-order valence-electron chi connectivity index (χ0n) is 10.1. The summed E-state index contributed by atoms with van der Waals surface area (Å²) in [7, 11) is 0. The second kappa shape index (κ2) is 7.51. The van der Waals surface area contributed by atoms with E-state index in [4.69, 9.17) is 16.3 Å². The zero-order chi connectivity index (χ0) is 11.0. The molecular formula is C13H25ClO. The quantitative estimate of drug-likeness (QED) is 0.468. The fraction of sp³-hybridized carbons (Fsp3) is 1.00. The topological polar surface area (TPSA) is 9.23 Å². The maximum Gasteiger partial charge on any atom is 0.0471 e. The lowest BCUT2D eigenvalue weighted by Crippen LogP contribution is -2.27. The van der Waals surface area contributed by atoms with Gasteiger partial charge in [-0.1, -0.05) is 32.6 Å². The minimum absolute atomic E-state index is 0.409. The molecule has 0 aliphatic heterocycles. The lowest BCUT2D eigenvalue weighted by atomic mass is 9.73. The normalized spacial score (nSPS) is 20.4. The van der Waals surface area contributed by atoms with Gasteiger partial charge in [0.2, 0.25) is 0 Å². The van der Waals surface area contributed by atoms with Crippen molar-refractivity contribution in [3.63, 3.8) is 0 Å². The minimum Gasteiger partial charge on any atom is -0.381 e. The summed E-state index contributed by atoms with van der Waals surface area (Å²) < 4.78 is 5.65. The minimum atomic E-state index is 0.409. The summed E-state index contributed by atoms with van der Waals surface area (Å²) in [4.78, 5) is 0. The first-order chi connectivity index (χ1) is 7.33. The molecule has 2 heteroatoms. The summed E-state index contributed by atoms with van der Waals surface area (Å²) in [5.41, 5.74) is 0.409. The Labute approximate surface area is 99.5 Å². The van der Waals surface area contributed by atoms with Crippen LogP contribution in [0, 0.1) is 5.41 Å². The number of hydrogen-bond acceptors (Lipinski definition) is 1. The molecule has 1 aliphatic rings. The van der Waals surface area contributed by atoms with E-state index in [1.165, 1.54) is 51.4 Å². The summed E-state index contributed by atoms with van der Waals surface area (Å²) in [5, 5.41) is 0. The summed E-state index contributed by atoms with van der Waals surface area (Å²) in [6, 6.07) is 0.